The highest BCUT2D eigenvalue weighted by Crippen LogP contribution is 2.24. The molecular weight excluding hydrogens is 202 g/mol. The summed E-state index contributed by atoms with van der Waals surface area (Å²) < 4.78 is 0. The molecule has 4 heteroatoms. The molecule has 88 valence electrons. The maximum absolute atomic E-state index is 11.7. The van der Waals surface area contributed by atoms with Gasteiger partial charge in [0.2, 0.25) is 0 Å². The fraction of sp³-hybridized carbons (Fsp3) is 0.667. The van der Waals surface area contributed by atoms with Crippen LogP contribution in [0.4, 0.5) is 4.79 Å². The Kier molecular flexibility index (Phi) is 3.94. The second-order valence-electron chi connectivity index (χ2n) is 4.28. The second kappa shape index (κ2) is 5.02. The molecule has 1 rings (SSSR count). The van der Waals surface area contributed by atoms with E-state index in [0.29, 0.717) is 5.84 Å². The van der Waals surface area contributed by atoms with E-state index in [2.05, 4.69) is 24.8 Å². The summed E-state index contributed by atoms with van der Waals surface area (Å²) in [6.45, 7) is 6.00. The van der Waals surface area contributed by atoms with Crippen molar-refractivity contribution in [2.24, 2.45) is 16.6 Å². The number of aliphatic imine (C=N–C) groups is 1. The molecule has 0 radical (unpaired) electrons. The van der Waals surface area contributed by atoms with Crippen molar-refractivity contribution in [3.63, 3.8) is 0 Å². The Bertz CT molecular complexity index is 343. The average Bonchev–Trinajstić information content (AvgIpc) is 2.53. The number of amides is 2. The molecule has 0 saturated carbocycles. The van der Waals surface area contributed by atoms with Crippen molar-refractivity contribution in [1.29, 1.82) is 0 Å². The molecule has 0 bridgehead atoms. The number of amidine groups is 1. The molecule has 3 atom stereocenters. The van der Waals surface area contributed by atoms with Gasteiger partial charge in [0.05, 0.1) is 12.1 Å². The zero-order valence-corrected chi connectivity index (χ0v) is 10.1. The fourth-order valence-electron chi connectivity index (χ4n) is 2.16. The van der Waals surface area contributed by atoms with Crippen LogP contribution in [0.3, 0.4) is 0 Å². The molecule has 2 N–H and O–H groups in total. The van der Waals surface area contributed by atoms with Gasteiger partial charge in [0, 0.05) is 0 Å². The zero-order chi connectivity index (χ0) is 12.3. The van der Waals surface area contributed by atoms with Crippen molar-refractivity contribution in [3.05, 3.63) is 0 Å². The van der Waals surface area contributed by atoms with Crippen LogP contribution >= 0.6 is 0 Å². The summed E-state index contributed by atoms with van der Waals surface area (Å²) in [6, 6.07) is -0.712. The van der Waals surface area contributed by atoms with Gasteiger partial charge in [0.25, 0.3) is 0 Å². The molecule has 0 aromatic rings. The van der Waals surface area contributed by atoms with Gasteiger partial charge in [-0.15, -0.1) is 6.42 Å². The number of hydrogen-bond acceptors (Lipinski definition) is 2. The summed E-state index contributed by atoms with van der Waals surface area (Å²) in [5, 5.41) is 0. The summed E-state index contributed by atoms with van der Waals surface area (Å²) in [4.78, 5) is 17.1. The van der Waals surface area contributed by atoms with Crippen LogP contribution in [-0.4, -0.2) is 28.9 Å². The Labute approximate surface area is 96.9 Å². The van der Waals surface area contributed by atoms with Gasteiger partial charge in [-0.1, -0.05) is 26.2 Å². The molecule has 2 amide bonds. The zero-order valence-electron chi connectivity index (χ0n) is 10.1. The number of urea groups is 1. The van der Waals surface area contributed by atoms with Crippen LogP contribution in [0.1, 0.15) is 33.6 Å². The third-order valence-corrected chi connectivity index (χ3v) is 2.99. The molecule has 0 aromatic heterocycles. The fourth-order valence-corrected chi connectivity index (χ4v) is 2.16. The minimum atomic E-state index is -0.309. The van der Waals surface area contributed by atoms with Gasteiger partial charge in [-0.3, -0.25) is 4.90 Å². The highest BCUT2D eigenvalue weighted by atomic mass is 16.2. The molecule has 0 spiro atoms. The first kappa shape index (κ1) is 12.6. The average molecular weight is 221 g/mol. The van der Waals surface area contributed by atoms with E-state index in [1.807, 2.05) is 6.92 Å². The van der Waals surface area contributed by atoms with Crippen molar-refractivity contribution in [2.45, 2.75) is 45.7 Å². The number of carbonyl (C=O) groups excluding carboxylic acids is 1. The van der Waals surface area contributed by atoms with Crippen LogP contribution in [0.15, 0.2) is 4.99 Å². The number of nitrogens with zero attached hydrogens (tertiary/aromatic N) is 2. The second-order valence-corrected chi connectivity index (χ2v) is 4.28. The first-order valence-electron chi connectivity index (χ1n) is 5.65. The maximum atomic E-state index is 11.7. The van der Waals surface area contributed by atoms with Gasteiger partial charge >= 0.3 is 6.03 Å². The Morgan fingerprint density at radius 1 is 1.62 bits per heavy atom. The van der Waals surface area contributed by atoms with Crippen molar-refractivity contribution in [2.75, 3.05) is 0 Å². The van der Waals surface area contributed by atoms with Crippen molar-refractivity contribution < 1.29 is 4.79 Å². The van der Waals surface area contributed by atoms with E-state index in [1.165, 1.54) is 0 Å². The molecule has 3 unspecified atom stereocenters. The van der Waals surface area contributed by atoms with Gasteiger partial charge in [-0.25, -0.2) is 4.79 Å². The lowest BCUT2D eigenvalue weighted by molar-refractivity contribution is 0.181. The minimum Gasteiger partial charge on any atom is -0.385 e. The standard InChI is InChI=1S/C12H19N3O/c1-5-7-8(3)10-11(13)14-12(16)15(10)9(4)6-2/h2,8-10H,5,7H2,1,3-4H3,(H2,13,14,16). The largest absolute Gasteiger partial charge is 0.385 e. The lowest BCUT2D eigenvalue weighted by Gasteiger charge is -2.31. The van der Waals surface area contributed by atoms with Crippen molar-refractivity contribution in [3.8, 4) is 12.3 Å². The molecule has 4 nitrogen and oxygen atoms in total. The van der Waals surface area contributed by atoms with Crippen LogP contribution in [0.25, 0.3) is 0 Å². The van der Waals surface area contributed by atoms with E-state index in [9.17, 15) is 4.79 Å². The molecule has 0 aliphatic carbocycles. The molecule has 0 saturated heterocycles. The molecule has 1 aliphatic heterocycles. The maximum Gasteiger partial charge on any atom is 0.346 e. The molecule has 0 fully saturated rings. The monoisotopic (exact) mass is 221 g/mol. The predicted molar refractivity (Wildman–Crippen MR) is 65.0 cm³/mol. The number of carbonyl (C=O) groups is 1. The topological polar surface area (TPSA) is 58.7 Å². The molecular formula is C12H19N3O. The van der Waals surface area contributed by atoms with Crippen LogP contribution in [0.5, 0.6) is 0 Å². The third kappa shape index (κ3) is 2.19. The summed E-state index contributed by atoms with van der Waals surface area (Å²) in [5.74, 6) is 3.25. The summed E-state index contributed by atoms with van der Waals surface area (Å²) in [7, 11) is 0. The Balaban J connectivity index is 2.91. The number of nitrogens with two attached hydrogens (primary N) is 1. The number of terminal acetylenes is 1. The Hall–Kier alpha value is -1.50. The summed E-state index contributed by atoms with van der Waals surface area (Å²) in [6.07, 6.45) is 7.42. The van der Waals surface area contributed by atoms with Gasteiger partial charge in [-0.05, 0) is 19.3 Å². The van der Waals surface area contributed by atoms with Crippen LogP contribution in [0.2, 0.25) is 0 Å². The van der Waals surface area contributed by atoms with E-state index in [0.717, 1.165) is 12.8 Å². The quantitative estimate of drug-likeness (QED) is 0.733. The van der Waals surface area contributed by atoms with Crippen molar-refractivity contribution in [1.82, 2.24) is 4.90 Å². The number of hydrogen-bond donors (Lipinski definition) is 1. The summed E-state index contributed by atoms with van der Waals surface area (Å²) in [5.41, 5.74) is 5.80. The SMILES string of the molecule is C#CC(C)N1C(=O)N=C(N)C1C(C)CCC. The van der Waals surface area contributed by atoms with E-state index in [4.69, 9.17) is 12.2 Å². The smallest absolute Gasteiger partial charge is 0.346 e. The molecule has 1 aliphatic rings. The molecule has 16 heavy (non-hydrogen) atoms. The van der Waals surface area contributed by atoms with E-state index < -0.39 is 0 Å². The van der Waals surface area contributed by atoms with Crippen LogP contribution < -0.4 is 5.73 Å². The van der Waals surface area contributed by atoms with Gasteiger partial charge in [0.15, 0.2) is 0 Å². The third-order valence-electron chi connectivity index (χ3n) is 2.99. The highest BCUT2D eigenvalue weighted by molar-refractivity contribution is 6.03. The molecule has 1 heterocycles. The van der Waals surface area contributed by atoms with Gasteiger partial charge in [-0.2, -0.15) is 4.99 Å². The van der Waals surface area contributed by atoms with Crippen molar-refractivity contribution >= 4 is 11.9 Å². The first-order valence-corrected chi connectivity index (χ1v) is 5.65. The summed E-state index contributed by atoms with van der Waals surface area (Å²) >= 11 is 0. The Morgan fingerprint density at radius 2 is 2.25 bits per heavy atom. The van der Waals surface area contributed by atoms with E-state index in [-0.39, 0.29) is 24.0 Å². The van der Waals surface area contributed by atoms with Crippen LogP contribution in [0, 0.1) is 18.3 Å². The lowest BCUT2D eigenvalue weighted by Crippen LogP contribution is -2.48. The lowest BCUT2D eigenvalue weighted by atomic mass is 9.94. The highest BCUT2D eigenvalue weighted by Gasteiger charge is 2.38. The van der Waals surface area contributed by atoms with E-state index in [1.54, 1.807) is 4.90 Å². The molecule has 0 aromatic carbocycles. The number of rotatable bonds is 4. The minimum absolute atomic E-state index is 0.140. The van der Waals surface area contributed by atoms with Gasteiger partial charge in [0.1, 0.15) is 5.84 Å². The van der Waals surface area contributed by atoms with Gasteiger partial charge < -0.3 is 5.73 Å². The van der Waals surface area contributed by atoms with E-state index >= 15 is 0 Å². The normalized spacial score (nSPS) is 23.9. The van der Waals surface area contributed by atoms with Crippen LogP contribution in [-0.2, 0) is 0 Å². The first-order chi connectivity index (χ1) is 7.52. The predicted octanol–water partition coefficient (Wildman–Crippen LogP) is 1.61. The Morgan fingerprint density at radius 3 is 2.75 bits per heavy atom.